The van der Waals surface area contributed by atoms with Crippen molar-refractivity contribution in [1.82, 2.24) is 0 Å². The van der Waals surface area contributed by atoms with Crippen LogP contribution in [0.1, 0.15) is 19.3 Å². The maximum Gasteiger partial charge on any atom is 0.196 e. The van der Waals surface area contributed by atoms with Crippen LogP contribution in [0.2, 0.25) is 0 Å². The van der Waals surface area contributed by atoms with Gasteiger partial charge >= 0.3 is 0 Å². The number of rotatable bonds is 7. The van der Waals surface area contributed by atoms with Crippen molar-refractivity contribution < 1.29 is 4.74 Å². The molecule has 6 heteroatoms. The normalized spacial score (nSPS) is 17.7. The van der Waals surface area contributed by atoms with Gasteiger partial charge in [-0.05, 0) is 30.4 Å². The van der Waals surface area contributed by atoms with E-state index in [4.69, 9.17) is 10.3 Å². The smallest absolute Gasteiger partial charge is 0.196 e. The molecule has 0 aromatic rings. The van der Waals surface area contributed by atoms with Crippen LogP contribution in [0.25, 0.3) is 0 Å². The standard InChI is InChI=1S/C8H15N3OS2/c9-11-10-7-12-4-2-1-3-8-5-13-14-6-8/h7-9H,1-6H2/b10-7+,11-9?. The summed E-state index contributed by atoms with van der Waals surface area (Å²) in [5.74, 6) is 3.52. The molecule has 0 radical (unpaired) electrons. The Morgan fingerprint density at radius 3 is 2.86 bits per heavy atom. The molecule has 1 rings (SSSR count). The lowest BCUT2D eigenvalue weighted by Crippen LogP contribution is -2.01. The number of ether oxygens (including phenoxy) is 1. The zero-order valence-electron chi connectivity index (χ0n) is 8.02. The Kier molecular flexibility index (Phi) is 6.86. The van der Waals surface area contributed by atoms with E-state index in [0.29, 0.717) is 6.61 Å². The molecule has 0 aromatic carbocycles. The van der Waals surface area contributed by atoms with E-state index in [9.17, 15) is 0 Å². The molecule has 1 saturated heterocycles. The SMILES string of the molecule is N=N/N=C/OCCCCC1CSSC1. The van der Waals surface area contributed by atoms with Gasteiger partial charge in [0.2, 0.25) is 0 Å². The second-order valence-electron chi connectivity index (χ2n) is 3.12. The number of hydrogen-bond acceptors (Lipinski definition) is 5. The Balaban J connectivity index is 1.84. The van der Waals surface area contributed by atoms with Crippen molar-refractivity contribution >= 4 is 28.0 Å². The fourth-order valence-corrected chi connectivity index (χ4v) is 4.26. The summed E-state index contributed by atoms with van der Waals surface area (Å²) in [6.45, 7) is 0.687. The summed E-state index contributed by atoms with van der Waals surface area (Å²) in [5, 5.41) is 6.09. The summed E-state index contributed by atoms with van der Waals surface area (Å²) in [7, 11) is 3.98. The van der Waals surface area contributed by atoms with Crippen molar-refractivity contribution in [3.63, 3.8) is 0 Å². The second kappa shape index (κ2) is 8.11. The van der Waals surface area contributed by atoms with Crippen LogP contribution in [-0.2, 0) is 4.74 Å². The highest BCUT2D eigenvalue weighted by Crippen LogP contribution is 2.36. The third-order valence-electron chi connectivity index (χ3n) is 1.99. The number of unbranched alkanes of at least 4 members (excludes halogenated alkanes) is 1. The zero-order chi connectivity index (χ0) is 10.1. The first-order valence-electron chi connectivity index (χ1n) is 4.67. The van der Waals surface area contributed by atoms with E-state index in [1.54, 1.807) is 0 Å². The highest BCUT2D eigenvalue weighted by molar-refractivity contribution is 8.77. The lowest BCUT2D eigenvalue weighted by atomic mass is 10.1. The molecule has 0 bridgehead atoms. The number of nitrogens with one attached hydrogen (secondary N) is 1. The second-order valence-corrected chi connectivity index (χ2v) is 5.67. The Morgan fingerprint density at radius 1 is 1.36 bits per heavy atom. The van der Waals surface area contributed by atoms with E-state index < -0.39 is 0 Å². The van der Waals surface area contributed by atoms with Crippen LogP contribution < -0.4 is 0 Å². The molecule has 14 heavy (non-hydrogen) atoms. The lowest BCUT2D eigenvalue weighted by molar-refractivity contribution is 0.302. The lowest BCUT2D eigenvalue weighted by Gasteiger charge is -2.05. The molecule has 0 amide bonds. The Bertz CT molecular complexity index is 183. The van der Waals surface area contributed by atoms with Gasteiger partial charge in [0.15, 0.2) is 6.40 Å². The van der Waals surface area contributed by atoms with Crippen molar-refractivity contribution in [3.8, 4) is 0 Å². The Labute approximate surface area is 92.2 Å². The van der Waals surface area contributed by atoms with Gasteiger partial charge in [-0.2, -0.15) is 5.53 Å². The largest absolute Gasteiger partial charge is 0.482 e. The minimum Gasteiger partial charge on any atom is -0.482 e. The quantitative estimate of drug-likeness (QED) is 0.183. The highest BCUT2D eigenvalue weighted by atomic mass is 33.1. The van der Waals surface area contributed by atoms with Gasteiger partial charge in [-0.25, -0.2) is 0 Å². The van der Waals surface area contributed by atoms with Crippen molar-refractivity contribution in [2.75, 3.05) is 18.1 Å². The topological polar surface area (TPSA) is 57.8 Å². The van der Waals surface area contributed by atoms with Crippen LogP contribution in [0.15, 0.2) is 10.3 Å². The van der Waals surface area contributed by atoms with E-state index in [1.807, 2.05) is 21.6 Å². The Hall–Kier alpha value is -0.230. The van der Waals surface area contributed by atoms with Gasteiger partial charge in [0, 0.05) is 11.5 Å². The summed E-state index contributed by atoms with van der Waals surface area (Å²) in [4.78, 5) is 0. The predicted octanol–water partition coefficient (Wildman–Crippen LogP) is 3.16. The molecule has 4 nitrogen and oxygen atoms in total. The van der Waals surface area contributed by atoms with E-state index in [2.05, 4.69) is 10.3 Å². The van der Waals surface area contributed by atoms with Crippen molar-refractivity contribution in [2.24, 2.45) is 16.2 Å². The van der Waals surface area contributed by atoms with Gasteiger partial charge in [0.1, 0.15) is 0 Å². The first kappa shape index (κ1) is 11.8. The zero-order valence-corrected chi connectivity index (χ0v) is 9.65. The molecule has 1 fully saturated rings. The maximum absolute atomic E-state index is 6.37. The minimum atomic E-state index is 0.687. The van der Waals surface area contributed by atoms with E-state index in [0.717, 1.165) is 12.3 Å². The van der Waals surface area contributed by atoms with Gasteiger partial charge in [-0.15, -0.1) is 5.10 Å². The molecule has 1 aliphatic heterocycles. The monoisotopic (exact) mass is 233 g/mol. The summed E-state index contributed by atoms with van der Waals surface area (Å²) in [6.07, 6.45) is 4.82. The van der Waals surface area contributed by atoms with Crippen molar-refractivity contribution in [3.05, 3.63) is 0 Å². The van der Waals surface area contributed by atoms with E-state index >= 15 is 0 Å². The fourth-order valence-electron chi connectivity index (χ4n) is 1.23. The maximum atomic E-state index is 6.37. The average molecular weight is 233 g/mol. The number of hydrogen-bond donors (Lipinski definition) is 1. The molecule has 0 aliphatic carbocycles. The summed E-state index contributed by atoms with van der Waals surface area (Å²) in [5.41, 5.74) is 6.37. The van der Waals surface area contributed by atoms with Crippen molar-refractivity contribution in [1.29, 1.82) is 5.53 Å². The molecular weight excluding hydrogens is 218 g/mol. The third-order valence-corrected chi connectivity index (χ3v) is 4.69. The molecule has 80 valence electrons. The third kappa shape index (κ3) is 5.49. The first-order valence-corrected chi connectivity index (χ1v) is 7.16. The average Bonchev–Trinajstić information content (AvgIpc) is 2.69. The van der Waals surface area contributed by atoms with Gasteiger partial charge in [-0.1, -0.05) is 21.6 Å². The van der Waals surface area contributed by atoms with Crippen LogP contribution in [-0.4, -0.2) is 24.5 Å². The molecule has 0 aromatic heterocycles. The molecular formula is C8H15N3OS2. The molecule has 1 aliphatic rings. The minimum absolute atomic E-state index is 0.687. The van der Waals surface area contributed by atoms with Gasteiger partial charge in [0.05, 0.1) is 6.61 Å². The van der Waals surface area contributed by atoms with Crippen LogP contribution in [0.3, 0.4) is 0 Å². The fraction of sp³-hybridized carbons (Fsp3) is 0.875. The van der Waals surface area contributed by atoms with Crippen LogP contribution in [0, 0.1) is 11.4 Å². The number of nitrogens with zero attached hydrogens (tertiary/aromatic N) is 2. The van der Waals surface area contributed by atoms with Crippen LogP contribution >= 0.6 is 21.6 Å². The van der Waals surface area contributed by atoms with Crippen molar-refractivity contribution in [2.45, 2.75) is 19.3 Å². The molecule has 1 heterocycles. The summed E-state index contributed by atoms with van der Waals surface area (Å²) in [6, 6.07) is 0. The van der Waals surface area contributed by atoms with Crippen LogP contribution in [0.5, 0.6) is 0 Å². The molecule has 0 unspecified atom stereocenters. The predicted molar refractivity (Wildman–Crippen MR) is 61.8 cm³/mol. The van der Waals surface area contributed by atoms with E-state index in [1.165, 1.54) is 30.7 Å². The first-order chi connectivity index (χ1) is 6.93. The van der Waals surface area contributed by atoms with Crippen LogP contribution in [0.4, 0.5) is 0 Å². The molecule has 0 atom stereocenters. The molecule has 0 saturated carbocycles. The van der Waals surface area contributed by atoms with Gasteiger partial charge in [0.25, 0.3) is 0 Å². The van der Waals surface area contributed by atoms with E-state index in [-0.39, 0.29) is 0 Å². The van der Waals surface area contributed by atoms with Gasteiger partial charge in [-0.3, -0.25) is 0 Å². The highest BCUT2D eigenvalue weighted by Gasteiger charge is 2.15. The molecule has 1 N–H and O–H groups in total. The molecule has 0 spiro atoms. The van der Waals surface area contributed by atoms with Gasteiger partial charge < -0.3 is 4.74 Å². The Morgan fingerprint density at radius 2 is 2.14 bits per heavy atom. The summed E-state index contributed by atoms with van der Waals surface area (Å²) >= 11 is 0. The summed E-state index contributed by atoms with van der Waals surface area (Å²) < 4.78 is 5.02.